The first kappa shape index (κ1) is 20.5. The van der Waals surface area contributed by atoms with Crippen LogP contribution in [0, 0.1) is 11.8 Å². The fourth-order valence-corrected chi connectivity index (χ4v) is 4.84. The van der Waals surface area contributed by atoms with Crippen molar-refractivity contribution in [1.82, 2.24) is 0 Å². The van der Waals surface area contributed by atoms with Crippen molar-refractivity contribution in [3.8, 4) is 0 Å². The van der Waals surface area contributed by atoms with Gasteiger partial charge in [0, 0.05) is 50.2 Å². The van der Waals surface area contributed by atoms with Gasteiger partial charge in [-0.25, -0.2) is 9.59 Å². The van der Waals surface area contributed by atoms with Crippen molar-refractivity contribution in [2.24, 2.45) is 11.8 Å². The van der Waals surface area contributed by atoms with Crippen LogP contribution < -0.4 is 0 Å². The quantitative estimate of drug-likeness (QED) is 0.688. The van der Waals surface area contributed by atoms with Gasteiger partial charge in [0.1, 0.15) is 23.2 Å². The summed E-state index contributed by atoms with van der Waals surface area (Å²) in [6.45, 7) is 6.09. The van der Waals surface area contributed by atoms with Crippen LogP contribution in [0.2, 0.25) is 0 Å². The van der Waals surface area contributed by atoms with Crippen molar-refractivity contribution in [2.75, 3.05) is 0 Å². The predicted octanol–water partition coefficient (Wildman–Crippen LogP) is 1.67. The second-order valence-electron chi connectivity index (χ2n) is 8.97. The van der Waals surface area contributed by atoms with E-state index in [9.17, 15) is 24.3 Å². The lowest BCUT2D eigenvalue weighted by Crippen LogP contribution is -2.42. The van der Waals surface area contributed by atoms with Crippen molar-refractivity contribution in [2.45, 2.75) is 64.4 Å². The summed E-state index contributed by atoms with van der Waals surface area (Å²) in [6.07, 6.45) is 2.67. The van der Waals surface area contributed by atoms with Gasteiger partial charge in [0.05, 0.1) is 11.5 Å². The number of aliphatic hydroxyl groups is 1. The zero-order chi connectivity index (χ0) is 22.0. The molecule has 160 valence electrons. The maximum atomic E-state index is 13.6. The van der Waals surface area contributed by atoms with E-state index >= 15 is 0 Å². The Labute approximate surface area is 173 Å². The SMILES string of the molecule is CC(=O)CCC1=C(C2=CC=C3C(=O)O[C@H]4C[C@@](C)(O)[C@@H](C2=O)[C@@H]34)C(=O)OC(C)(C)O1. The summed E-state index contributed by atoms with van der Waals surface area (Å²) in [5.74, 6) is -4.42. The van der Waals surface area contributed by atoms with E-state index in [2.05, 4.69) is 0 Å². The van der Waals surface area contributed by atoms with Crippen LogP contribution in [-0.4, -0.2) is 46.1 Å². The molecule has 0 aromatic carbocycles. The number of Topliss-reactive ketones (excluding diaryl/α,β-unsaturated/α-hetero) is 2. The van der Waals surface area contributed by atoms with Crippen molar-refractivity contribution in [3.05, 3.63) is 34.6 Å². The third-order valence-corrected chi connectivity index (χ3v) is 6.04. The van der Waals surface area contributed by atoms with Crippen LogP contribution in [0.15, 0.2) is 34.6 Å². The number of allylic oxidation sites excluding steroid dienone is 3. The highest BCUT2D eigenvalue weighted by Crippen LogP contribution is 2.52. The molecular weight excluding hydrogens is 392 g/mol. The van der Waals surface area contributed by atoms with E-state index in [0.29, 0.717) is 5.57 Å². The van der Waals surface area contributed by atoms with Crippen molar-refractivity contribution >= 4 is 23.5 Å². The number of ketones is 2. The Morgan fingerprint density at radius 1 is 1.13 bits per heavy atom. The van der Waals surface area contributed by atoms with Crippen LogP contribution in [-0.2, 0) is 33.4 Å². The average molecular weight is 416 g/mol. The highest BCUT2D eigenvalue weighted by Gasteiger charge is 2.61. The predicted molar refractivity (Wildman–Crippen MR) is 101 cm³/mol. The highest BCUT2D eigenvalue weighted by atomic mass is 16.7. The Morgan fingerprint density at radius 3 is 2.50 bits per heavy atom. The highest BCUT2D eigenvalue weighted by molar-refractivity contribution is 6.13. The van der Waals surface area contributed by atoms with Gasteiger partial charge in [-0.05, 0) is 19.9 Å². The minimum absolute atomic E-state index is 0.00896. The number of hydrogen-bond acceptors (Lipinski definition) is 8. The molecule has 0 amide bonds. The summed E-state index contributed by atoms with van der Waals surface area (Å²) in [4.78, 5) is 50.2. The number of carbonyl (C=O) groups is 4. The fraction of sp³-hybridized carbons (Fsp3) is 0.545. The minimum Gasteiger partial charge on any atom is -0.458 e. The molecule has 0 bridgehead atoms. The van der Waals surface area contributed by atoms with Crippen molar-refractivity contribution in [1.29, 1.82) is 0 Å². The molecule has 8 heteroatoms. The molecule has 4 rings (SSSR count). The Hall–Kier alpha value is -2.74. The molecule has 1 N–H and O–H groups in total. The number of ether oxygens (including phenoxy) is 3. The Bertz CT molecular complexity index is 962. The number of carbonyl (C=O) groups excluding carboxylic acids is 4. The largest absolute Gasteiger partial charge is 0.458 e. The van der Waals surface area contributed by atoms with Gasteiger partial charge in [-0.1, -0.05) is 6.08 Å². The molecule has 2 fully saturated rings. The van der Waals surface area contributed by atoms with Crippen LogP contribution in [0.4, 0.5) is 0 Å². The number of cyclic esters (lactones) is 1. The van der Waals surface area contributed by atoms with E-state index in [1.54, 1.807) is 13.8 Å². The number of hydrogen-bond donors (Lipinski definition) is 1. The first-order valence-electron chi connectivity index (χ1n) is 9.96. The van der Waals surface area contributed by atoms with Gasteiger partial charge in [-0.15, -0.1) is 0 Å². The minimum atomic E-state index is -1.41. The first-order valence-corrected chi connectivity index (χ1v) is 9.96. The summed E-state index contributed by atoms with van der Waals surface area (Å²) >= 11 is 0. The lowest BCUT2D eigenvalue weighted by molar-refractivity contribution is -0.208. The van der Waals surface area contributed by atoms with E-state index in [-0.39, 0.29) is 42.0 Å². The third kappa shape index (κ3) is 3.19. The van der Waals surface area contributed by atoms with E-state index in [0.717, 1.165) is 0 Å². The molecule has 0 aromatic heterocycles. The van der Waals surface area contributed by atoms with E-state index in [4.69, 9.17) is 14.2 Å². The molecule has 4 aliphatic rings. The lowest BCUT2D eigenvalue weighted by atomic mass is 9.78. The molecule has 4 atom stereocenters. The molecule has 0 aromatic rings. The molecule has 0 spiro atoms. The third-order valence-electron chi connectivity index (χ3n) is 6.04. The Kier molecular flexibility index (Phi) is 4.54. The molecule has 0 unspecified atom stereocenters. The van der Waals surface area contributed by atoms with Gasteiger partial charge in [0.2, 0.25) is 5.79 Å². The summed E-state index contributed by atoms with van der Waals surface area (Å²) in [7, 11) is 0. The summed E-state index contributed by atoms with van der Waals surface area (Å²) in [5, 5.41) is 10.9. The maximum absolute atomic E-state index is 13.6. The smallest absolute Gasteiger partial charge is 0.345 e. The molecule has 2 aliphatic heterocycles. The Balaban J connectivity index is 1.84. The fourth-order valence-electron chi connectivity index (χ4n) is 4.84. The van der Waals surface area contributed by atoms with E-state index in [1.807, 2.05) is 0 Å². The molecule has 0 radical (unpaired) electrons. The molecule has 2 heterocycles. The zero-order valence-corrected chi connectivity index (χ0v) is 17.3. The topological polar surface area (TPSA) is 116 Å². The van der Waals surface area contributed by atoms with Crippen molar-refractivity contribution < 1.29 is 38.5 Å². The van der Waals surface area contributed by atoms with Gasteiger partial charge < -0.3 is 24.1 Å². The maximum Gasteiger partial charge on any atom is 0.345 e. The first-order chi connectivity index (χ1) is 13.9. The van der Waals surface area contributed by atoms with Crippen LogP contribution >= 0.6 is 0 Å². The molecule has 2 aliphatic carbocycles. The normalized spacial score (nSPS) is 34.4. The van der Waals surface area contributed by atoms with Gasteiger partial charge in [-0.3, -0.25) is 4.79 Å². The Morgan fingerprint density at radius 2 is 1.83 bits per heavy atom. The monoisotopic (exact) mass is 416 g/mol. The second kappa shape index (κ2) is 6.63. The molecule has 1 saturated carbocycles. The standard InChI is InChI=1S/C22H24O8/c1-10(23)5-8-13-16(20(26)30-21(2,3)29-13)11-6-7-12-15-14(28-19(12)25)9-22(4,27)17(15)18(11)24/h6-7,14-15,17,27H,5,8-9H2,1-4H3/t14-,15-,17+,22+/m0/s1. The van der Waals surface area contributed by atoms with E-state index in [1.165, 1.54) is 26.0 Å². The van der Waals surface area contributed by atoms with Crippen LogP contribution in [0.3, 0.4) is 0 Å². The summed E-state index contributed by atoms with van der Waals surface area (Å²) in [6, 6.07) is 0. The molecule has 1 saturated heterocycles. The van der Waals surface area contributed by atoms with Crippen LogP contribution in [0.1, 0.15) is 47.0 Å². The van der Waals surface area contributed by atoms with Crippen LogP contribution in [0.5, 0.6) is 0 Å². The van der Waals surface area contributed by atoms with Crippen molar-refractivity contribution in [3.63, 3.8) is 0 Å². The lowest BCUT2D eigenvalue weighted by Gasteiger charge is -2.35. The van der Waals surface area contributed by atoms with Gasteiger partial charge >= 0.3 is 11.9 Å². The van der Waals surface area contributed by atoms with Gasteiger partial charge in [0.15, 0.2) is 5.78 Å². The second-order valence-corrected chi connectivity index (χ2v) is 8.97. The molecular formula is C22H24O8. The summed E-state index contributed by atoms with van der Waals surface area (Å²) < 4.78 is 16.5. The zero-order valence-electron chi connectivity index (χ0n) is 17.3. The number of rotatable bonds is 4. The number of esters is 2. The van der Waals surface area contributed by atoms with E-state index < -0.39 is 47.0 Å². The van der Waals surface area contributed by atoms with Gasteiger partial charge in [-0.2, -0.15) is 0 Å². The average Bonchev–Trinajstić information content (AvgIpc) is 2.94. The summed E-state index contributed by atoms with van der Waals surface area (Å²) in [5.41, 5.74) is -1.16. The molecule has 8 nitrogen and oxygen atoms in total. The van der Waals surface area contributed by atoms with Gasteiger partial charge in [0.25, 0.3) is 0 Å². The van der Waals surface area contributed by atoms with Crippen LogP contribution in [0.25, 0.3) is 0 Å². The molecule has 30 heavy (non-hydrogen) atoms.